The van der Waals surface area contributed by atoms with Gasteiger partial charge in [-0.25, -0.2) is 9.59 Å². The van der Waals surface area contributed by atoms with Crippen LogP contribution in [0.25, 0.3) is 10.8 Å². The van der Waals surface area contributed by atoms with E-state index in [0.717, 1.165) is 35.6 Å². The van der Waals surface area contributed by atoms with Crippen molar-refractivity contribution < 1.29 is 23.9 Å². The van der Waals surface area contributed by atoms with Crippen molar-refractivity contribution in [2.75, 3.05) is 24.6 Å². The highest BCUT2D eigenvalue weighted by atomic mass is 16.6. The number of anilines is 1. The summed E-state index contributed by atoms with van der Waals surface area (Å²) in [6, 6.07) is 5.20. The van der Waals surface area contributed by atoms with Crippen molar-refractivity contribution in [1.29, 1.82) is 0 Å². The smallest absolute Gasteiger partial charge is 0.412 e. The number of urea groups is 1. The predicted octanol–water partition coefficient (Wildman–Crippen LogP) is 3.80. The number of rotatable bonds is 3. The van der Waals surface area contributed by atoms with Gasteiger partial charge in [0.25, 0.3) is 0 Å². The monoisotopic (exact) mass is 478 g/mol. The van der Waals surface area contributed by atoms with Crippen molar-refractivity contribution in [2.45, 2.75) is 58.3 Å². The average Bonchev–Trinajstić information content (AvgIpc) is 2.81. The molecule has 1 N–H and O–H groups in total. The van der Waals surface area contributed by atoms with Gasteiger partial charge in [-0.05, 0) is 46.1 Å². The molecule has 0 spiro atoms. The third kappa shape index (κ3) is 5.89. The number of fused-ring (bicyclic) bond motifs is 1. The van der Waals surface area contributed by atoms with Crippen LogP contribution in [0.5, 0.6) is 0 Å². The number of carbonyl (C=O) groups excluding carboxylic acids is 3. The molecule has 2 saturated heterocycles. The maximum atomic E-state index is 12.6. The zero-order valence-corrected chi connectivity index (χ0v) is 20.3. The summed E-state index contributed by atoms with van der Waals surface area (Å²) in [7, 11) is 0. The fraction of sp³-hybridized carbons (Fsp3) is 0.462. The predicted molar refractivity (Wildman–Crippen MR) is 131 cm³/mol. The molecule has 2 aliphatic heterocycles. The van der Waals surface area contributed by atoms with Crippen molar-refractivity contribution in [1.82, 2.24) is 15.2 Å². The Morgan fingerprint density at radius 1 is 1.17 bits per heavy atom. The third-order valence-corrected chi connectivity index (χ3v) is 5.77. The van der Waals surface area contributed by atoms with Crippen LogP contribution < -0.4 is 10.2 Å². The topological polar surface area (TPSA) is 101 Å². The van der Waals surface area contributed by atoms with Gasteiger partial charge in [0.2, 0.25) is 5.91 Å². The molecule has 184 valence electrons. The summed E-state index contributed by atoms with van der Waals surface area (Å²) in [6.45, 7) is 6.59. The number of piperidine rings is 1. The van der Waals surface area contributed by atoms with Gasteiger partial charge in [-0.2, -0.15) is 0 Å². The standard InChI is InChI=1S/C26H30N4O5/c1-26(2,3)35-25(33)30-13-5-4-11-23(30)34-15-7-9-18-8-6-10-19-20(18)16-27-17-21(19)29-14-12-22(31)28-24(29)32/h6,8,10,16-17,23H,4-5,11-15H2,1-3H3,(H,28,31,32). The maximum Gasteiger partial charge on any atom is 0.412 e. The number of hydrogen-bond donors (Lipinski definition) is 1. The molecule has 1 aromatic heterocycles. The van der Waals surface area contributed by atoms with Gasteiger partial charge >= 0.3 is 12.1 Å². The molecular formula is C26H30N4O5. The first-order valence-electron chi connectivity index (χ1n) is 11.8. The minimum atomic E-state index is -0.565. The third-order valence-electron chi connectivity index (χ3n) is 5.77. The fourth-order valence-corrected chi connectivity index (χ4v) is 4.17. The zero-order valence-electron chi connectivity index (χ0n) is 20.3. The van der Waals surface area contributed by atoms with E-state index in [4.69, 9.17) is 9.47 Å². The van der Waals surface area contributed by atoms with Crippen LogP contribution in [0.4, 0.5) is 15.3 Å². The number of nitrogens with zero attached hydrogens (tertiary/aromatic N) is 3. The second kappa shape index (κ2) is 10.3. The summed E-state index contributed by atoms with van der Waals surface area (Å²) in [5.74, 6) is 5.90. The van der Waals surface area contributed by atoms with Gasteiger partial charge in [-0.1, -0.05) is 24.0 Å². The first-order valence-corrected chi connectivity index (χ1v) is 11.8. The van der Waals surface area contributed by atoms with Crippen LogP contribution in [0.1, 0.15) is 52.0 Å². The van der Waals surface area contributed by atoms with Crippen molar-refractivity contribution in [2.24, 2.45) is 0 Å². The Bertz CT molecular complexity index is 1190. The number of carbonyl (C=O) groups is 3. The van der Waals surface area contributed by atoms with Crippen LogP contribution in [0.2, 0.25) is 0 Å². The van der Waals surface area contributed by atoms with E-state index < -0.39 is 11.6 Å². The lowest BCUT2D eigenvalue weighted by Crippen LogP contribution is -2.49. The number of ether oxygens (including phenoxy) is 2. The highest BCUT2D eigenvalue weighted by Gasteiger charge is 2.31. The first-order chi connectivity index (χ1) is 16.7. The number of likely N-dealkylation sites (tertiary alicyclic amines) is 1. The van der Waals surface area contributed by atoms with Gasteiger partial charge in [-0.3, -0.25) is 24.9 Å². The molecular weight excluding hydrogens is 448 g/mol. The second-order valence-corrected chi connectivity index (χ2v) is 9.55. The Balaban J connectivity index is 1.48. The molecule has 35 heavy (non-hydrogen) atoms. The average molecular weight is 479 g/mol. The number of benzene rings is 1. The molecule has 0 bridgehead atoms. The van der Waals surface area contributed by atoms with Crippen LogP contribution in [-0.2, 0) is 14.3 Å². The molecule has 1 unspecified atom stereocenters. The van der Waals surface area contributed by atoms with Gasteiger partial charge < -0.3 is 9.47 Å². The SMILES string of the molecule is CC(C)(C)OC(=O)N1CCCCC1OCC#Cc1cccc2c(N3CCC(=O)NC3=O)cncc12. The zero-order chi connectivity index (χ0) is 25.0. The summed E-state index contributed by atoms with van der Waals surface area (Å²) >= 11 is 0. The summed E-state index contributed by atoms with van der Waals surface area (Å²) in [5.41, 5.74) is 0.814. The molecule has 9 nitrogen and oxygen atoms in total. The molecule has 9 heteroatoms. The lowest BCUT2D eigenvalue weighted by Gasteiger charge is -2.36. The highest BCUT2D eigenvalue weighted by molar-refractivity contribution is 6.10. The van der Waals surface area contributed by atoms with Crippen LogP contribution in [0.3, 0.4) is 0 Å². The van der Waals surface area contributed by atoms with Gasteiger partial charge in [0, 0.05) is 42.0 Å². The van der Waals surface area contributed by atoms with Crippen molar-refractivity contribution in [3.05, 3.63) is 36.2 Å². The van der Waals surface area contributed by atoms with Crippen LogP contribution in [0, 0.1) is 11.8 Å². The Morgan fingerprint density at radius 3 is 2.77 bits per heavy atom. The highest BCUT2D eigenvalue weighted by Crippen LogP contribution is 2.29. The minimum Gasteiger partial charge on any atom is -0.444 e. The van der Waals surface area contributed by atoms with E-state index in [2.05, 4.69) is 22.1 Å². The molecule has 4 rings (SSSR count). The van der Waals surface area contributed by atoms with Crippen LogP contribution in [0.15, 0.2) is 30.6 Å². The lowest BCUT2D eigenvalue weighted by molar-refractivity contribution is -0.120. The summed E-state index contributed by atoms with van der Waals surface area (Å²) in [6.07, 6.45) is 5.46. The van der Waals surface area contributed by atoms with E-state index >= 15 is 0 Å². The molecule has 2 aromatic rings. The van der Waals surface area contributed by atoms with E-state index in [0.29, 0.717) is 18.8 Å². The summed E-state index contributed by atoms with van der Waals surface area (Å²) in [5, 5.41) is 3.96. The van der Waals surface area contributed by atoms with Gasteiger partial charge in [0.05, 0.1) is 11.9 Å². The van der Waals surface area contributed by atoms with Gasteiger partial charge in [0.15, 0.2) is 0 Å². The maximum absolute atomic E-state index is 12.6. The summed E-state index contributed by atoms with van der Waals surface area (Å²) < 4.78 is 11.5. The Hall–Kier alpha value is -3.64. The molecule has 0 radical (unpaired) electrons. The molecule has 4 amide bonds. The molecule has 2 fully saturated rings. The molecule has 1 aromatic carbocycles. The van der Waals surface area contributed by atoms with Crippen LogP contribution in [-0.4, -0.2) is 59.4 Å². The number of imide groups is 1. The fourth-order valence-electron chi connectivity index (χ4n) is 4.17. The molecule has 1 atom stereocenters. The molecule has 0 saturated carbocycles. The van der Waals surface area contributed by atoms with E-state index in [9.17, 15) is 14.4 Å². The van der Waals surface area contributed by atoms with E-state index in [1.54, 1.807) is 17.3 Å². The summed E-state index contributed by atoms with van der Waals surface area (Å²) in [4.78, 5) is 43.9. The van der Waals surface area contributed by atoms with Gasteiger partial charge in [-0.15, -0.1) is 0 Å². The van der Waals surface area contributed by atoms with E-state index in [1.165, 1.54) is 4.90 Å². The number of nitrogens with one attached hydrogen (secondary N) is 1. The molecule has 0 aliphatic carbocycles. The number of hydrogen-bond acceptors (Lipinski definition) is 6. The quantitative estimate of drug-likeness (QED) is 0.674. The van der Waals surface area contributed by atoms with Gasteiger partial charge in [0.1, 0.15) is 18.4 Å². The Kier molecular flexibility index (Phi) is 7.22. The second-order valence-electron chi connectivity index (χ2n) is 9.55. The molecule has 3 heterocycles. The number of amides is 4. The molecule has 2 aliphatic rings. The lowest BCUT2D eigenvalue weighted by atomic mass is 10.1. The Morgan fingerprint density at radius 2 is 2.00 bits per heavy atom. The Labute approximate surface area is 204 Å². The van der Waals surface area contributed by atoms with Crippen LogP contribution >= 0.6 is 0 Å². The van der Waals surface area contributed by atoms with Crippen molar-refractivity contribution in [3.63, 3.8) is 0 Å². The van der Waals surface area contributed by atoms with E-state index in [1.807, 2.05) is 39.0 Å². The number of aromatic nitrogens is 1. The largest absolute Gasteiger partial charge is 0.444 e. The van der Waals surface area contributed by atoms with Crippen molar-refractivity contribution >= 4 is 34.5 Å². The van der Waals surface area contributed by atoms with E-state index in [-0.39, 0.29) is 31.3 Å². The minimum absolute atomic E-state index is 0.157. The normalized spacial score (nSPS) is 18.7. The number of pyridine rings is 1. The first kappa shape index (κ1) is 24.5. The van der Waals surface area contributed by atoms with Crippen molar-refractivity contribution in [3.8, 4) is 11.8 Å².